The number of amides is 1. The topological polar surface area (TPSA) is 54.3 Å². The molecule has 0 saturated carbocycles. The van der Waals surface area contributed by atoms with Crippen molar-refractivity contribution in [3.8, 4) is 0 Å². The van der Waals surface area contributed by atoms with Gasteiger partial charge in [-0.25, -0.2) is 0 Å². The number of carbonyl (C=O) groups is 1. The van der Waals surface area contributed by atoms with Gasteiger partial charge in [-0.2, -0.15) is 0 Å². The van der Waals surface area contributed by atoms with E-state index in [4.69, 9.17) is 0 Å². The van der Waals surface area contributed by atoms with Gasteiger partial charge in [-0.1, -0.05) is 6.92 Å². The minimum atomic E-state index is -0.145. The van der Waals surface area contributed by atoms with E-state index >= 15 is 0 Å². The molecule has 2 rings (SSSR count). The third kappa shape index (κ3) is 3.23. The maximum Gasteiger partial charge on any atom is 0.254 e. The van der Waals surface area contributed by atoms with Crippen LogP contribution in [0, 0.1) is 0 Å². The minimum Gasteiger partial charge on any atom is -0.339 e. The van der Waals surface area contributed by atoms with Gasteiger partial charge < -0.3 is 14.8 Å². The first-order chi connectivity index (χ1) is 9.11. The van der Waals surface area contributed by atoms with Crippen LogP contribution in [-0.2, 0) is 7.05 Å². The Morgan fingerprint density at radius 2 is 2.11 bits per heavy atom. The van der Waals surface area contributed by atoms with Crippen molar-refractivity contribution in [1.29, 1.82) is 0 Å². The lowest BCUT2D eigenvalue weighted by atomic mass is 10.0. The van der Waals surface area contributed by atoms with Crippen molar-refractivity contribution >= 4 is 5.91 Å². The molecule has 1 aliphatic rings. The monoisotopic (exact) mass is 263 g/mol. The average Bonchev–Trinajstić information content (AvgIpc) is 2.42. The van der Waals surface area contributed by atoms with Gasteiger partial charge in [0.1, 0.15) is 0 Å². The Morgan fingerprint density at radius 3 is 2.68 bits per heavy atom. The highest BCUT2D eigenvalue weighted by Crippen LogP contribution is 2.13. The van der Waals surface area contributed by atoms with Crippen molar-refractivity contribution in [3.63, 3.8) is 0 Å². The fourth-order valence-electron chi connectivity index (χ4n) is 2.44. The summed E-state index contributed by atoms with van der Waals surface area (Å²) in [7, 11) is 1.68. The molecule has 1 aliphatic heterocycles. The van der Waals surface area contributed by atoms with Gasteiger partial charge in [0.15, 0.2) is 0 Å². The minimum absolute atomic E-state index is 0.0346. The number of hydrogen-bond donors (Lipinski definition) is 1. The molecule has 0 atom stereocenters. The molecule has 1 aromatic rings. The van der Waals surface area contributed by atoms with Crippen LogP contribution >= 0.6 is 0 Å². The van der Waals surface area contributed by atoms with Gasteiger partial charge in [-0.15, -0.1) is 0 Å². The maximum atomic E-state index is 12.3. The van der Waals surface area contributed by atoms with Gasteiger partial charge >= 0.3 is 0 Å². The molecule has 0 unspecified atom stereocenters. The Kier molecular flexibility index (Phi) is 4.37. The summed E-state index contributed by atoms with van der Waals surface area (Å²) in [5, 5.41) is 3.41. The van der Waals surface area contributed by atoms with E-state index in [1.807, 2.05) is 4.90 Å². The first-order valence-electron chi connectivity index (χ1n) is 6.81. The van der Waals surface area contributed by atoms with E-state index in [1.165, 1.54) is 10.6 Å². The number of aromatic nitrogens is 1. The third-order valence-corrected chi connectivity index (χ3v) is 3.63. The lowest BCUT2D eigenvalue weighted by Crippen LogP contribution is -2.45. The molecule has 19 heavy (non-hydrogen) atoms. The highest BCUT2D eigenvalue weighted by atomic mass is 16.2. The fraction of sp³-hybridized carbons (Fsp3) is 0.571. The lowest BCUT2D eigenvalue weighted by molar-refractivity contribution is 0.0705. The molecule has 104 valence electrons. The molecule has 2 heterocycles. The summed E-state index contributed by atoms with van der Waals surface area (Å²) in [5.74, 6) is -0.0346. The van der Waals surface area contributed by atoms with Crippen molar-refractivity contribution < 1.29 is 4.79 Å². The maximum absolute atomic E-state index is 12.3. The summed E-state index contributed by atoms with van der Waals surface area (Å²) >= 11 is 0. The van der Waals surface area contributed by atoms with E-state index < -0.39 is 0 Å². The number of carbonyl (C=O) groups excluding carboxylic acids is 1. The zero-order valence-electron chi connectivity index (χ0n) is 11.6. The molecule has 0 spiro atoms. The van der Waals surface area contributed by atoms with Gasteiger partial charge in [0.2, 0.25) is 0 Å². The summed E-state index contributed by atoms with van der Waals surface area (Å²) in [6, 6.07) is 3.64. The van der Waals surface area contributed by atoms with E-state index in [0.29, 0.717) is 11.6 Å². The Bertz CT molecular complexity index is 502. The Labute approximate surface area is 113 Å². The van der Waals surface area contributed by atoms with Gasteiger partial charge in [0.25, 0.3) is 11.5 Å². The van der Waals surface area contributed by atoms with E-state index in [2.05, 4.69) is 12.2 Å². The van der Waals surface area contributed by atoms with Crippen molar-refractivity contribution in [2.75, 3.05) is 19.6 Å². The second-order valence-corrected chi connectivity index (χ2v) is 4.99. The summed E-state index contributed by atoms with van der Waals surface area (Å²) in [6.07, 6.45) is 3.59. The van der Waals surface area contributed by atoms with Crippen molar-refractivity contribution in [2.24, 2.45) is 7.05 Å². The molecule has 0 radical (unpaired) electrons. The third-order valence-electron chi connectivity index (χ3n) is 3.63. The predicted octanol–water partition coefficient (Wildman–Crippen LogP) is 0.599. The van der Waals surface area contributed by atoms with E-state index in [0.717, 1.165) is 32.5 Å². The molecular weight excluding hydrogens is 242 g/mol. The van der Waals surface area contributed by atoms with E-state index in [1.54, 1.807) is 19.3 Å². The lowest BCUT2D eigenvalue weighted by Gasteiger charge is -2.32. The molecule has 0 aromatic carbocycles. The van der Waals surface area contributed by atoms with Crippen LogP contribution in [0.2, 0.25) is 0 Å². The molecule has 1 amide bonds. The zero-order valence-corrected chi connectivity index (χ0v) is 11.6. The number of nitrogens with zero attached hydrogens (tertiary/aromatic N) is 2. The number of aryl methyl sites for hydroxylation is 1. The highest BCUT2D eigenvalue weighted by molar-refractivity contribution is 5.94. The first kappa shape index (κ1) is 13.8. The predicted molar refractivity (Wildman–Crippen MR) is 74.3 cm³/mol. The van der Waals surface area contributed by atoms with Crippen LogP contribution in [-0.4, -0.2) is 41.1 Å². The van der Waals surface area contributed by atoms with Crippen molar-refractivity contribution in [3.05, 3.63) is 34.2 Å². The van der Waals surface area contributed by atoms with Crippen molar-refractivity contribution in [2.45, 2.75) is 25.8 Å². The van der Waals surface area contributed by atoms with Crippen LogP contribution in [0.15, 0.2) is 23.1 Å². The number of nitrogens with one attached hydrogen (secondary N) is 1. The van der Waals surface area contributed by atoms with Crippen LogP contribution in [0.5, 0.6) is 0 Å². The number of pyridine rings is 1. The highest BCUT2D eigenvalue weighted by Gasteiger charge is 2.23. The molecule has 1 fully saturated rings. The van der Waals surface area contributed by atoms with Crippen molar-refractivity contribution in [1.82, 2.24) is 14.8 Å². The Hall–Kier alpha value is -1.62. The quantitative estimate of drug-likeness (QED) is 0.869. The fourth-order valence-corrected chi connectivity index (χ4v) is 2.44. The van der Waals surface area contributed by atoms with Crippen LogP contribution in [0.4, 0.5) is 0 Å². The number of hydrogen-bond acceptors (Lipinski definition) is 3. The summed E-state index contributed by atoms with van der Waals surface area (Å²) in [5.41, 5.74) is 0.346. The summed E-state index contributed by atoms with van der Waals surface area (Å²) < 4.78 is 1.47. The number of piperidine rings is 1. The van der Waals surface area contributed by atoms with Crippen LogP contribution in [0.3, 0.4) is 0 Å². The second-order valence-electron chi connectivity index (χ2n) is 4.99. The Balaban J connectivity index is 2.01. The molecule has 0 aliphatic carbocycles. The van der Waals surface area contributed by atoms with Gasteiger partial charge in [-0.3, -0.25) is 9.59 Å². The molecule has 5 heteroatoms. The van der Waals surface area contributed by atoms with Crippen LogP contribution < -0.4 is 10.9 Å². The molecule has 1 N–H and O–H groups in total. The van der Waals surface area contributed by atoms with E-state index in [9.17, 15) is 9.59 Å². The van der Waals surface area contributed by atoms with Crippen LogP contribution in [0.25, 0.3) is 0 Å². The normalized spacial score (nSPS) is 16.6. The largest absolute Gasteiger partial charge is 0.339 e. The second kappa shape index (κ2) is 6.02. The Morgan fingerprint density at radius 1 is 1.42 bits per heavy atom. The molecule has 1 saturated heterocycles. The van der Waals surface area contributed by atoms with Gasteiger partial charge in [0.05, 0.1) is 0 Å². The van der Waals surface area contributed by atoms with Gasteiger partial charge in [0, 0.05) is 44.0 Å². The standard InChI is InChI=1S/C14H21N3O2/c1-3-15-12-5-8-17(9-6-12)14(19)11-4-7-16(2)13(18)10-11/h4,7,10,12,15H,3,5-6,8-9H2,1-2H3. The smallest absolute Gasteiger partial charge is 0.254 e. The molecule has 5 nitrogen and oxygen atoms in total. The van der Waals surface area contributed by atoms with Crippen LogP contribution in [0.1, 0.15) is 30.1 Å². The SMILES string of the molecule is CCNC1CCN(C(=O)c2ccn(C)c(=O)c2)CC1. The molecule has 0 bridgehead atoms. The average molecular weight is 263 g/mol. The van der Waals surface area contributed by atoms with Gasteiger partial charge in [-0.05, 0) is 25.5 Å². The summed E-state index contributed by atoms with van der Waals surface area (Å²) in [4.78, 5) is 25.7. The summed E-state index contributed by atoms with van der Waals surface area (Å²) in [6.45, 7) is 4.57. The van der Waals surface area contributed by atoms with E-state index in [-0.39, 0.29) is 11.5 Å². The number of rotatable bonds is 3. The zero-order chi connectivity index (χ0) is 13.8. The molecule has 1 aromatic heterocycles. The first-order valence-corrected chi connectivity index (χ1v) is 6.81. The number of likely N-dealkylation sites (tertiary alicyclic amines) is 1. The molecular formula is C14H21N3O2.